The van der Waals surface area contributed by atoms with Gasteiger partial charge < -0.3 is 10.2 Å². The van der Waals surface area contributed by atoms with Crippen molar-refractivity contribution >= 4 is 11.7 Å². The number of nitrogens with one attached hydrogen (secondary N) is 1. The standard InChI is InChI=1S/C30H35F2N5O/c1-22-17-25(30(38)34-19-23-5-3-2-4-6-23)20-33-29(22)37-15-13-36(14-16-37)26-9-11-35(12-10-26)21-24-7-8-27(31)28(32)18-24/h2-8,17-18,20,26H,9-16,19,21H2,1H3,(H,34,38). The summed E-state index contributed by atoms with van der Waals surface area (Å²) in [5, 5.41) is 2.97. The van der Waals surface area contributed by atoms with E-state index in [1.54, 1.807) is 12.3 Å². The number of rotatable bonds is 7. The Kier molecular flexibility index (Phi) is 8.29. The maximum Gasteiger partial charge on any atom is 0.253 e. The maximum atomic E-state index is 13.5. The molecule has 0 saturated carbocycles. The van der Waals surface area contributed by atoms with Gasteiger partial charge in [0.1, 0.15) is 5.82 Å². The predicted octanol–water partition coefficient (Wildman–Crippen LogP) is 4.38. The van der Waals surface area contributed by atoms with Crippen LogP contribution in [0.4, 0.5) is 14.6 Å². The number of anilines is 1. The molecule has 0 radical (unpaired) electrons. The minimum atomic E-state index is -0.794. The Morgan fingerprint density at radius 3 is 2.34 bits per heavy atom. The molecule has 1 aromatic heterocycles. The summed E-state index contributed by atoms with van der Waals surface area (Å²) in [5.74, 6) is -0.736. The first-order valence-corrected chi connectivity index (χ1v) is 13.4. The van der Waals surface area contributed by atoms with E-state index in [1.807, 2.05) is 43.3 Å². The van der Waals surface area contributed by atoms with Crippen molar-refractivity contribution in [2.75, 3.05) is 44.2 Å². The van der Waals surface area contributed by atoms with E-state index in [0.717, 1.165) is 74.6 Å². The van der Waals surface area contributed by atoms with Gasteiger partial charge in [-0.2, -0.15) is 0 Å². The summed E-state index contributed by atoms with van der Waals surface area (Å²) >= 11 is 0. The van der Waals surface area contributed by atoms with Crippen molar-refractivity contribution < 1.29 is 13.6 Å². The van der Waals surface area contributed by atoms with Gasteiger partial charge in [0, 0.05) is 51.5 Å². The van der Waals surface area contributed by atoms with E-state index in [2.05, 4.69) is 25.0 Å². The minimum Gasteiger partial charge on any atom is -0.354 e. The van der Waals surface area contributed by atoms with Crippen molar-refractivity contribution in [1.29, 1.82) is 0 Å². The number of hydrogen-bond donors (Lipinski definition) is 1. The Morgan fingerprint density at radius 2 is 1.66 bits per heavy atom. The third-order valence-corrected chi connectivity index (χ3v) is 7.69. The summed E-state index contributed by atoms with van der Waals surface area (Å²) in [6.45, 7) is 8.85. The van der Waals surface area contributed by atoms with Gasteiger partial charge in [-0.25, -0.2) is 13.8 Å². The van der Waals surface area contributed by atoms with Gasteiger partial charge in [0.25, 0.3) is 5.91 Å². The van der Waals surface area contributed by atoms with Crippen LogP contribution in [0.15, 0.2) is 60.8 Å². The molecule has 3 heterocycles. The minimum absolute atomic E-state index is 0.114. The highest BCUT2D eigenvalue weighted by Gasteiger charge is 2.28. The molecule has 0 spiro atoms. The second-order valence-corrected chi connectivity index (χ2v) is 10.3. The molecule has 200 valence electrons. The normalized spacial score (nSPS) is 17.5. The molecular weight excluding hydrogens is 484 g/mol. The Bertz CT molecular complexity index is 1240. The van der Waals surface area contributed by atoms with Gasteiger partial charge in [-0.3, -0.25) is 14.6 Å². The van der Waals surface area contributed by atoms with Crippen LogP contribution < -0.4 is 10.2 Å². The van der Waals surface area contributed by atoms with Crippen LogP contribution in [0.25, 0.3) is 0 Å². The number of amides is 1. The zero-order valence-electron chi connectivity index (χ0n) is 21.9. The molecular formula is C30H35F2N5O. The van der Waals surface area contributed by atoms with Crippen LogP contribution in [0, 0.1) is 18.6 Å². The van der Waals surface area contributed by atoms with Crippen molar-refractivity contribution in [1.82, 2.24) is 20.1 Å². The SMILES string of the molecule is Cc1cc(C(=O)NCc2ccccc2)cnc1N1CCN(C2CCN(Cc3ccc(F)c(F)c3)CC2)CC1. The van der Waals surface area contributed by atoms with Crippen LogP contribution in [0.5, 0.6) is 0 Å². The molecule has 2 aliphatic rings. The Balaban J connectivity index is 1.08. The zero-order valence-corrected chi connectivity index (χ0v) is 21.9. The van der Waals surface area contributed by atoms with E-state index in [-0.39, 0.29) is 5.91 Å². The average molecular weight is 520 g/mol. The largest absolute Gasteiger partial charge is 0.354 e. The summed E-state index contributed by atoms with van der Waals surface area (Å²) in [5.41, 5.74) is 3.47. The highest BCUT2D eigenvalue weighted by molar-refractivity contribution is 5.94. The number of hydrogen-bond acceptors (Lipinski definition) is 5. The van der Waals surface area contributed by atoms with E-state index >= 15 is 0 Å². The maximum absolute atomic E-state index is 13.5. The van der Waals surface area contributed by atoms with Crippen LogP contribution in [-0.2, 0) is 13.1 Å². The van der Waals surface area contributed by atoms with Gasteiger partial charge >= 0.3 is 0 Å². The number of aromatic nitrogens is 1. The molecule has 1 N–H and O–H groups in total. The van der Waals surface area contributed by atoms with E-state index in [1.165, 1.54) is 12.1 Å². The smallest absolute Gasteiger partial charge is 0.253 e. The molecule has 1 amide bonds. The summed E-state index contributed by atoms with van der Waals surface area (Å²) in [4.78, 5) is 24.5. The van der Waals surface area contributed by atoms with Crippen molar-refractivity contribution in [3.05, 3.63) is 94.7 Å². The molecule has 8 heteroatoms. The van der Waals surface area contributed by atoms with Crippen molar-refractivity contribution in [2.24, 2.45) is 0 Å². The number of benzene rings is 2. The first kappa shape index (κ1) is 26.3. The van der Waals surface area contributed by atoms with Crippen LogP contribution in [-0.4, -0.2) is 66.0 Å². The van der Waals surface area contributed by atoms with Crippen LogP contribution in [0.1, 0.15) is 39.9 Å². The van der Waals surface area contributed by atoms with Gasteiger partial charge in [0.15, 0.2) is 11.6 Å². The van der Waals surface area contributed by atoms with Crippen LogP contribution >= 0.6 is 0 Å². The molecule has 6 nitrogen and oxygen atoms in total. The fourth-order valence-electron chi connectivity index (χ4n) is 5.54. The number of nitrogens with zero attached hydrogens (tertiary/aromatic N) is 4. The lowest BCUT2D eigenvalue weighted by Crippen LogP contribution is -2.53. The van der Waals surface area contributed by atoms with Gasteiger partial charge in [0.05, 0.1) is 5.56 Å². The fourth-order valence-corrected chi connectivity index (χ4v) is 5.54. The first-order chi connectivity index (χ1) is 18.5. The van der Waals surface area contributed by atoms with Gasteiger partial charge in [0.2, 0.25) is 0 Å². The molecule has 0 bridgehead atoms. The van der Waals surface area contributed by atoms with E-state index in [0.29, 0.717) is 24.7 Å². The molecule has 2 aliphatic heterocycles. The number of carbonyl (C=O) groups is 1. The molecule has 0 atom stereocenters. The Labute approximate surface area is 223 Å². The number of carbonyl (C=O) groups excluding carboxylic acids is 1. The highest BCUT2D eigenvalue weighted by atomic mass is 19.2. The number of aryl methyl sites for hydroxylation is 1. The number of piperazine rings is 1. The van der Waals surface area contributed by atoms with Crippen molar-refractivity contribution in [3.8, 4) is 0 Å². The predicted molar refractivity (Wildman–Crippen MR) is 145 cm³/mol. The molecule has 2 fully saturated rings. The summed E-state index contributed by atoms with van der Waals surface area (Å²) in [6, 6.07) is 16.5. The fraction of sp³-hybridized carbons (Fsp3) is 0.400. The lowest BCUT2D eigenvalue weighted by molar-refractivity contribution is 0.0950. The quantitative estimate of drug-likeness (QED) is 0.502. The van der Waals surface area contributed by atoms with Crippen LogP contribution in [0.2, 0.25) is 0 Å². The highest BCUT2D eigenvalue weighted by Crippen LogP contribution is 2.24. The summed E-state index contributed by atoms with van der Waals surface area (Å²) in [6.07, 6.45) is 3.83. The van der Waals surface area contributed by atoms with Crippen molar-refractivity contribution in [3.63, 3.8) is 0 Å². The molecule has 3 aromatic rings. The molecule has 2 aromatic carbocycles. The van der Waals surface area contributed by atoms with Crippen molar-refractivity contribution in [2.45, 2.75) is 38.9 Å². The Hall–Kier alpha value is -3.36. The number of halogens is 2. The lowest BCUT2D eigenvalue weighted by Gasteiger charge is -2.43. The van der Waals surface area contributed by atoms with E-state index in [9.17, 15) is 13.6 Å². The molecule has 38 heavy (non-hydrogen) atoms. The third-order valence-electron chi connectivity index (χ3n) is 7.69. The van der Waals surface area contributed by atoms with E-state index in [4.69, 9.17) is 0 Å². The van der Waals surface area contributed by atoms with E-state index < -0.39 is 11.6 Å². The zero-order chi connectivity index (χ0) is 26.5. The second kappa shape index (κ2) is 12.0. The Morgan fingerprint density at radius 1 is 0.921 bits per heavy atom. The number of piperidine rings is 1. The first-order valence-electron chi connectivity index (χ1n) is 13.4. The molecule has 5 rings (SSSR count). The third kappa shape index (κ3) is 6.37. The molecule has 2 saturated heterocycles. The summed E-state index contributed by atoms with van der Waals surface area (Å²) < 4.78 is 26.7. The molecule has 0 aliphatic carbocycles. The van der Waals surface area contributed by atoms with Gasteiger partial charge in [-0.15, -0.1) is 0 Å². The topological polar surface area (TPSA) is 51.7 Å². The lowest BCUT2D eigenvalue weighted by atomic mass is 10.0. The second-order valence-electron chi connectivity index (χ2n) is 10.3. The van der Waals surface area contributed by atoms with Crippen LogP contribution in [0.3, 0.4) is 0 Å². The van der Waals surface area contributed by atoms with Gasteiger partial charge in [-0.1, -0.05) is 36.4 Å². The van der Waals surface area contributed by atoms with Gasteiger partial charge in [-0.05, 0) is 67.7 Å². The number of likely N-dealkylation sites (tertiary alicyclic amines) is 1. The number of pyridine rings is 1. The average Bonchev–Trinajstić information content (AvgIpc) is 2.95. The monoisotopic (exact) mass is 519 g/mol. The summed E-state index contributed by atoms with van der Waals surface area (Å²) in [7, 11) is 0. The molecule has 0 unspecified atom stereocenters.